The molecule has 1 aliphatic rings. The Hall–Kier alpha value is -1.75. The zero-order chi connectivity index (χ0) is 16.1. The van der Waals surface area contributed by atoms with Gasteiger partial charge in [-0.1, -0.05) is 0 Å². The summed E-state index contributed by atoms with van der Waals surface area (Å²) in [6.45, 7) is 1.85. The molecule has 1 heterocycles. The van der Waals surface area contributed by atoms with E-state index in [0.717, 1.165) is 25.7 Å². The Morgan fingerprint density at radius 3 is 2.68 bits per heavy atom. The second-order valence-electron chi connectivity index (χ2n) is 5.88. The van der Waals surface area contributed by atoms with Crippen LogP contribution in [-0.4, -0.2) is 35.5 Å². The number of hydrogen-bond acceptors (Lipinski definition) is 5. The molecule has 122 valence electrons. The predicted molar refractivity (Wildman–Crippen MR) is 82.3 cm³/mol. The van der Waals surface area contributed by atoms with Crippen LogP contribution < -0.4 is 4.74 Å². The van der Waals surface area contributed by atoms with Crippen molar-refractivity contribution in [1.82, 2.24) is 0 Å². The van der Waals surface area contributed by atoms with Crippen LogP contribution in [0.25, 0.3) is 0 Å². The number of phenols is 1. The van der Waals surface area contributed by atoms with E-state index in [0.29, 0.717) is 29.7 Å². The predicted octanol–water partition coefficient (Wildman–Crippen LogP) is 2.81. The molecule has 0 saturated heterocycles. The molecule has 0 fully saturated rings. The number of aliphatic hydroxyl groups is 1. The van der Waals surface area contributed by atoms with Gasteiger partial charge in [0.1, 0.15) is 17.1 Å². The zero-order valence-corrected chi connectivity index (χ0v) is 13.2. The summed E-state index contributed by atoms with van der Waals surface area (Å²) in [5.41, 5.74) is 1.07. The number of methoxy groups -OCH3 is 1. The molecule has 5 heteroatoms. The van der Waals surface area contributed by atoms with E-state index in [1.165, 1.54) is 13.2 Å². The largest absolute Gasteiger partial charge is 0.508 e. The van der Waals surface area contributed by atoms with Gasteiger partial charge in [0.2, 0.25) is 0 Å². The van der Waals surface area contributed by atoms with Crippen LogP contribution in [0.3, 0.4) is 0 Å². The van der Waals surface area contributed by atoms with E-state index in [-0.39, 0.29) is 18.0 Å². The first-order chi connectivity index (χ1) is 10.5. The molecule has 0 amide bonds. The van der Waals surface area contributed by atoms with E-state index in [1.54, 1.807) is 6.07 Å². The number of aromatic hydroxyl groups is 1. The second kappa shape index (κ2) is 7.49. The first-order valence-corrected chi connectivity index (χ1v) is 7.80. The lowest BCUT2D eigenvalue weighted by Gasteiger charge is -2.20. The van der Waals surface area contributed by atoms with Crippen LogP contribution in [0.2, 0.25) is 0 Å². The molecule has 0 aromatic heterocycles. The molecule has 5 nitrogen and oxygen atoms in total. The summed E-state index contributed by atoms with van der Waals surface area (Å²) >= 11 is 0. The van der Waals surface area contributed by atoms with Gasteiger partial charge in [0.25, 0.3) is 0 Å². The van der Waals surface area contributed by atoms with Gasteiger partial charge in [0, 0.05) is 6.07 Å². The summed E-state index contributed by atoms with van der Waals surface area (Å²) in [5.74, 6) is -0.0330. The fourth-order valence-electron chi connectivity index (χ4n) is 2.86. The Morgan fingerprint density at radius 1 is 1.23 bits per heavy atom. The Bertz CT molecular complexity index is 526. The first kappa shape index (κ1) is 16.6. The standard InChI is InChI=1S/C17H24O5/c1-11-5-3-7-13(18)8-4-6-12-9-14(19)10-15(21-2)16(12)17(20)22-11/h9-11,13,18-19H,3-8H2,1-2H3/t11-,13-/m0/s1. The highest BCUT2D eigenvalue weighted by molar-refractivity contribution is 5.94. The molecule has 0 radical (unpaired) electrons. The molecule has 0 bridgehead atoms. The van der Waals surface area contributed by atoms with Gasteiger partial charge in [0.05, 0.1) is 19.3 Å². The Morgan fingerprint density at radius 2 is 1.95 bits per heavy atom. The third-order valence-corrected chi connectivity index (χ3v) is 4.03. The fourth-order valence-corrected chi connectivity index (χ4v) is 2.86. The summed E-state index contributed by atoms with van der Waals surface area (Å²) in [4.78, 5) is 12.5. The van der Waals surface area contributed by atoms with Gasteiger partial charge in [-0.15, -0.1) is 0 Å². The monoisotopic (exact) mass is 308 g/mol. The number of aliphatic hydroxyl groups excluding tert-OH is 1. The SMILES string of the molecule is COc1cc(O)cc2c1C(=O)O[C@@H](C)CCC[C@H](O)CCC2. The van der Waals surface area contributed by atoms with Gasteiger partial charge < -0.3 is 19.7 Å². The number of phenolic OH excluding ortho intramolecular Hbond substituents is 1. The average molecular weight is 308 g/mol. The maximum absolute atomic E-state index is 12.5. The minimum absolute atomic E-state index is 0.0593. The molecular formula is C17H24O5. The topological polar surface area (TPSA) is 76.0 Å². The molecule has 0 saturated carbocycles. The van der Waals surface area contributed by atoms with Crippen molar-refractivity contribution >= 4 is 5.97 Å². The summed E-state index contributed by atoms with van der Waals surface area (Å²) in [7, 11) is 1.46. The number of ether oxygens (including phenoxy) is 2. The van der Waals surface area contributed by atoms with E-state index in [9.17, 15) is 15.0 Å². The Balaban J connectivity index is 2.36. The molecule has 1 aromatic rings. The summed E-state index contributed by atoms with van der Waals surface area (Å²) in [6.07, 6.45) is 3.73. The summed E-state index contributed by atoms with van der Waals surface area (Å²) in [6, 6.07) is 2.99. The van der Waals surface area contributed by atoms with Crippen molar-refractivity contribution in [2.75, 3.05) is 7.11 Å². The lowest BCUT2D eigenvalue weighted by molar-refractivity contribution is 0.0303. The number of carbonyl (C=O) groups is 1. The van der Waals surface area contributed by atoms with Crippen molar-refractivity contribution in [2.45, 2.75) is 57.7 Å². The number of fused-ring (bicyclic) bond motifs is 1. The Labute approximate surface area is 130 Å². The maximum Gasteiger partial charge on any atom is 0.342 e. The van der Waals surface area contributed by atoms with E-state index in [1.807, 2.05) is 6.92 Å². The number of aryl methyl sites for hydroxylation is 1. The van der Waals surface area contributed by atoms with Gasteiger partial charge in [-0.05, 0) is 57.1 Å². The molecular weight excluding hydrogens is 284 g/mol. The van der Waals surface area contributed by atoms with E-state index in [4.69, 9.17) is 9.47 Å². The minimum atomic E-state index is -0.416. The highest BCUT2D eigenvalue weighted by atomic mass is 16.5. The number of esters is 1. The van der Waals surface area contributed by atoms with Gasteiger partial charge in [-0.3, -0.25) is 0 Å². The molecule has 22 heavy (non-hydrogen) atoms. The Kier molecular flexibility index (Phi) is 5.66. The molecule has 0 unspecified atom stereocenters. The fraction of sp³-hybridized carbons (Fsp3) is 0.588. The molecule has 2 atom stereocenters. The second-order valence-corrected chi connectivity index (χ2v) is 5.88. The molecule has 1 aliphatic heterocycles. The third kappa shape index (κ3) is 4.13. The van der Waals surface area contributed by atoms with Crippen LogP contribution >= 0.6 is 0 Å². The van der Waals surface area contributed by atoms with Crippen molar-refractivity contribution in [3.8, 4) is 11.5 Å². The summed E-state index contributed by atoms with van der Waals surface area (Å²) in [5, 5.41) is 19.8. The van der Waals surface area contributed by atoms with Crippen molar-refractivity contribution in [3.63, 3.8) is 0 Å². The molecule has 0 spiro atoms. The van der Waals surface area contributed by atoms with Crippen LogP contribution in [0.5, 0.6) is 11.5 Å². The van der Waals surface area contributed by atoms with Gasteiger partial charge in [0.15, 0.2) is 0 Å². The van der Waals surface area contributed by atoms with E-state index >= 15 is 0 Å². The van der Waals surface area contributed by atoms with Crippen molar-refractivity contribution in [3.05, 3.63) is 23.3 Å². The number of benzene rings is 1. The maximum atomic E-state index is 12.5. The quantitative estimate of drug-likeness (QED) is 0.780. The van der Waals surface area contributed by atoms with Crippen molar-refractivity contribution in [1.29, 1.82) is 0 Å². The molecule has 2 N–H and O–H groups in total. The highest BCUT2D eigenvalue weighted by Gasteiger charge is 2.23. The van der Waals surface area contributed by atoms with Gasteiger partial charge in [-0.2, -0.15) is 0 Å². The van der Waals surface area contributed by atoms with E-state index < -0.39 is 5.97 Å². The number of cyclic esters (lactones) is 1. The van der Waals surface area contributed by atoms with Crippen molar-refractivity contribution < 1.29 is 24.5 Å². The number of rotatable bonds is 1. The lowest BCUT2D eigenvalue weighted by Crippen LogP contribution is -2.19. The van der Waals surface area contributed by atoms with Crippen molar-refractivity contribution in [2.24, 2.45) is 0 Å². The van der Waals surface area contributed by atoms with Crippen LogP contribution in [0.1, 0.15) is 54.9 Å². The minimum Gasteiger partial charge on any atom is -0.508 e. The number of carbonyl (C=O) groups excluding carboxylic acids is 1. The van der Waals surface area contributed by atoms with Crippen LogP contribution in [0.15, 0.2) is 12.1 Å². The molecule has 2 rings (SSSR count). The lowest BCUT2D eigenvalue weighted by atomic mass is 9.97. The van der Waals surface area contributed by atoms with Crippen LogP contribution in [0, 0.1) is 0 Å². The third-order valence-electron chi connectivity index (χ3n) is 4.03. The molecule has 0 aliphatic carbocycles. The van der Waals surface area contributed by atoms with Gasteiger partial charge in [-0.25, -0.2) is 4.79 Å². The normalized spacial score (nSPS) is 23.7. The highest BCUT2D eigenvalue weighted by Crippen LogP contribution is 2.31. The smallest absolute Gasteiger partial charge is 0.342 e. The van der Waals surface area contributed by atoms with Crippen LogP contribution in [-0.2, 0) is 11.2 Å². The molecule has 1 aromatic carbocycles. The average Bonchev–Trinajstić information content (AvgIpc) is 2.45. The van der Waals surface area contributed by atoms with E-state index in [2.05, 4.69) is 0 Å². The first-order valence-electron chi connectivity index (χ1n) is 7.80. The number of hydrogen-bond donors (Lipinski definition) is 2. The summed E-state index contributed by atoms with van der Waals surface area (Å²) < 4.78 is 10.7. The van der Waals surface area contributed by atoms with Gasteiger partial charge >= 0.3 is 5.97 Å². The zero-order valence-electron chi connectivity index (χ0n) is 13.2. The van der Waals surface area contributed by atoms with Crippen LogP contribution in [0.4, 0.5) is 0 Å².